The van der Waals surface area contributed by atoms with Crippen LogP contribution >= 0.6 is 80.3 Å². The average Bonchev–Trinajstić information content (AvgIpc) is 3.01. The summed E-state index contributed by atoms with van der Waals surface area (Å²) in [4.78, 5) is 39.0. The SMILES string of the molecule is Cc1cc(I)cc(C)c1-c1c(O)nc(-c2ccccc2)sc1=O.Cc1cc(I)cc(C)c1C(=C=O)C(=O)Cl.NC(=S)c1ccccc1. The van der Waals surface area contributed by atoms with Gasteiger partial charge in [0.25, 0.3) is 5.24 Å². The van der Waals surface area contributed by atoms with E-state index in [0.29, 0.717) is 21.1 Å². The van der Waals surface area contributed by atoms with Gasteiger partial charge in [-0.2, -0.15) is 0 Å². The smallest absolute Gasteiger partial charge is 0.264 e. The number of nitrogens with zero attached hydrogens (tertiary/aromatic N) is 1. The molecule has 4 aromatic carbocycles. The quantitative estimate of drug-likeness (QED) is 0.0596. The zero-order chi connectivity index (χ0) is 34.8. The summed E-state index contributed by atoms with van der Waals surface area (Å²) in [5.74, 6) is 1.39. The minimum atomic E-state index is -0.766. The molecular weight excluding hydrogens is 878 g/mol. The Bertz CT molecular complexity index is 2000. The van der Waals surface area contributed by atoms with Crippen LogP contribution in [0.15, 0.2) is 89.7 Å². The largest absolute Gasteiger partial charge is 0.493 e. The third-order valence-corrected chi connectivity index (χ3v) is 9.28. The summed E-state index contributed by atoms with van der Waals surface area (Å²) in [5, 5.41) is 10.2. The van der Waals surface area contributed by atoms with Crippen molar-refractivity contribution in [3.05, 3.63) is 135 Å². The van der Waals surface area contributed by atoms with E-state index in [1.54, 1.807) is 5.94 Å². The third-order valence-electron chi connectivity index (χ3n) is 6.70. The molecule has 3 N–H and O–H groups in total. The highest BCUT2D eigenvalue weighted by Gasteiger charge is 2.19. The van der Waals surface area contributed by atoms with Gasteiger partial charge in [-0.3, -0.25) is 9.59 Å². The lowest BCUT2D eigenvalue weighted by atomic mass is 9.97. The van der Waals surface area contributed by atoms with E-state index in [4.69, 9.17) is 29.6 Å². The van der Waals surface area contributed by atoms with Gasteiger partial charge in [-0.15, -0.1) is 0 Å². The molecule has 5 aromatic rings. The Morgan fingerprint density at radius 2 is 1.32 bits per heavy atom. The first kappa shape index (κ1) is 38.2. The molecule has 47 heavy (non-hydrogen) atoms. The van der Waals surface area contributed by atoms with Gasteiger partial charge in [0.15, 0.2) is 0 Å². The van der Waals surface area contributed by atoms with E-state index in [9.17, 15) is 19.5 Å². The van der Waals surface area contributed by atoms with Gasteiger partial charge >= 0.3 is 0 Å². The summed E-state index contributed by atoms with van der Waals surface area (Å²) < 4.78 is 1.98. The maximum absolute atomic E-state index is 12.6. The average molecular weight is 907 g/mol. The highest BCUT2D eigenvalue weighted by molar-refractivity contribution is 14.1. The first-order valence-corrected chi connectivity index (χ1v) is 17.6. The van der Waals surface area contributed by atoms with Gasteiger partial charge in [-0.05, 0) is 137 Å². The predicted molar refractivity (Wildman–Crippen MR) is 214 cm³/mol. The fourth-order valence-corrected chi connectivity index (χ4v) is 7.72. The highest BCUT2D eigenvalue weighted by atomic mass is 127. The Morgan fingerprint density at radius 3 is 1.72 bits per heavy atom. The van der Waals surface area contributed by atoms with Crippen molar-refractivity contribution in [1.29, 1.82) is 0 Å². The number of nitrogens with two attached hydrogens (primary N) is 1. The lowest BCUT2D eigenvalue weighted by Gasteiger charge is -2.11. The van der Waals surface area contributed by atoms with Crippen LogP contribution in [0.1, 0.15) is 33.4 Å². The third kappa shape index (κ3) is 10.4. The number of hydrogen-bond acceptors (Lipinski definition) is 7. The number of carbonyl (C=O) groups excluding carboxylic acids is 2. The van der Waals surface area contributed by atoms with Gasteiger partial charge in [-0.25, -0.2) is 9.78 Å². The maximum Gasteiger partial charge on any atom is 0.264 e. The molecular formula is C36H29ClI2N2O4S2. The molecule has 0 aliphatic carbocycles. The van der Waals surface area contributed by atoms with E-state index >= 15 is 0 Å². The van der Waals surface area contributed by atoms with Crippen LogP contribution < -0.4 is 10.5 Å². The van der Waals surface area contributed by atoms with Crippen LogP contribution in [0, 0.1) is 34.8 Å². The molecule has 1 aromatic heterocycles. The van der Waals surface area contributed by atoms with E-state index < -0.39 is 5.24 Å². The van der Waals surface area contributed by atoms with Crippen LogP contribution in [0.2, 0.25) is 0 Å². The molecule has 11 heteroatoms. The number of thiocarbonyl (C=S) groups is 1. The number of rotatable bonds is 5. The van der Waals surface area contributed by atoms with Crippen LogP contribution in [-0.4, -0.2) is 26.3 Å². The van der Waals surface area contributed by atoms with Crippen molar-refractivity contribution in [2.24, 2.45) is 5.73 Å². The lowest BCUT2D eigenvalue weighted by molar-refractivity contribution is -0.106. The molecule has 1 heterocycles. The zero-order valence-corrected chi connectivity index (χ0v) is 32.4. The van der Waals surface area contributed by atoms with E-state index in [-0.39, 0.29) is 16.2 Å². The number of halogens is 3. The van der Waals surface area contributed by atoms with Crippen molar-refractivity contribution in [2.75, 3.05) is 0 Å². The molecule has 0 unspecified atom stereocenters. The minimum absolute atomic E-state index is 0.0944. The van der Waals surface area contributed by atoms with Gasteiger partial charge < -0.3 is 10.8 Å². The first-order valence-electron chi connectivity index (χ1n) is 13.9. The standard InChI is InChI=1S/C18H14INO2S.C11H8ClIO2.C7H7NS/c1-10-8-13(19)9-11(2)14(10)15-16(21)20-17(23-18(15)22)12-6-4-3-5-7-12;1-6-3-8(13)4-7(2)10(6)9(5-14)11(12)15;8-7(9)6-4-2-1-3-5-6/h3-9,21H,1-2H3;3-4H,1-2H3;1-5H,(H2,8,9). The molecule has 0 saturated heterocycles. The molecule has 240 valence electrons. The summed E-state index contributed by atoms with van der Waals surface area (Å²) in [6.07, 6.45) is 0. The zero-order valence-electron chi connectivity index (χ0n) is 25.7. The number of aromatic hydroxyl groups is 1. The molecule has 0 amide bonds. The lowest BCUT2D eigenvalue weighted by Crippen LogP contribution is -2.08. The van der Waals surface area contributed by atoms with Crippen LogP contribution in [0.5, 0.6) is 5.88 Å². The Morgan fingerprint density at radius 1 is 0.851 bits per heavy atom. The van der Waals surface area contributed by atoms with Crippen molar-refractivity contribution in [1.82, 2.24) is 4.98 Å². The van der Waals surface area contributed by atoms with E-state index in [0.717, 1.165) is 57.4 Å². The molecule has 0 spiro atoms. The second-order valence-corrected chi connectivity index (χ2v) is 14.4. The summed E-state index contributed by atoms with van der Waals surface area (Å²) in [6, 6.07) is 26.7. The van der Waals surface area contributed by atoms with Gasteiger partial charge in [-0.1, -0.05) is 84.2 Å². The second-order valence-electron chi connectivity index (χ2n) is 10.2. The van der Waals surface area contributed by atoms with Crippen molar-refractivity contribution in [3.8, 4) is 27.6 Å². The van der Waals surface area contributed by atoms with Crippen molar-refractivity contribution < 1.29 is 14.7 Å². The van der Waals surface area contributed by atoms with E-state index in [1.165, 1.54) is 0 Å². The molecule has 0 radical (unpaired) electrons. The highest BCUT2D eigenvalue weighted by Crippen LogP contribution is 2.34. The van der Waals surface area contributed by atoms with Crippen LogP contribution in [0.4, 0.5) is 0 Å². The van der Waals surface area contributed by atoms with Crippen LogP contribution in [-0.2, 0) is 9.59 Å². The fraction of sp³-hybridized carbons (Fsp3) is 0.111. The minimum Gasteiger partial charge on any atom is -0.493 e. The fourth-order valence-electron chi connectivity index (χ4n) is 4.72. The Balaban J connectivity index is 0.000000214. The number of hydrogen-bond donors (Lipinski definition) is 2. The van der Waals surface area contributed by atoms with E-state index in [2.05, 4.69) is 50.2 Å². The summed E-state index contributed by atoms with van der Waals surface area (Å²) in [5.41, 5.74) is 12.3. The Kier molecular flexibility index (Phi) is 14.4. The monoisotopic (exact) mass is 906 g/mol. The van der Waals surface area contributed by atoms with Crippen LogP contribution in [0.3, 0.4) is 0 Å². The molecule has 6 nitrogen and oxygen atoms in total. The molecule has 0 aliphatic heterocycles. The number of carbonyl (C=O) groups is 1. The molecule has 5 rings (SSSR count). The normalized spacial score (nSPS) is 10.0. The van der Waals surface area contributed by atoms with Crippen molar-refractivity contribution >= 4 is 102 Å². The van der Waals surface area contributed by atoms with Crippen LogP contribution in [0.25, 0.3) is 27.3 Å². The van der Waals surface area contributed by atoms with Crippen molar-refractivity contribution in [2.45, 2.75) is 27.7 Å². The number of allylic oxidation sites excluding steroid dienone is 1. The number of benzene rings is 4. The van der Waals surface area contributed by atoms with Gasteiger partial charge in [0, 0.05) is 23.8 Å². The van der Waals surface area contributed by atoms with Gasteiger partial charge in [0.2, 0.25) is 10.6 Å². The van der Waals surface area contributed by atoms with E-state index in [1.807, 2.05) is 113 Å². The second kappa shape index (κ2) is 17.8. The summed E-state index contributed by atoms with van der Waals surface area (Å²) >= 11 is 15.5. The summed E-state index contributed by atoms with van der Waals surface area (Å²) in [7, 11) is 0. The molecule has 0 aliphatic rings. The first-order chi connectivity index (χ1) is 22.2. The molecule has 0 bridgehead atoms. The maximum atomic E-state index is 12.6. The topological polar surface area (TPSA) is 110 Å². The Hall–Kier alpha value is -3.26. The predicted octanol–water partition coefficient (Wildman–Crippen LogP) is 8.97. The van der Waals surface area contributed by atoms with Crippen molar-refractivity contribution in [3.63, 3.8) is 0 Å². The van der Waals surface area contributed by atoms with Gasteiger partial charge in [0.05, 0.1) is 0 Å². The van der Waals surface area contributed by atoms with Gasteiger partial charge in [0.1, 0.15) is 27.1 Å². The molecule has 0 fully saturated rings. The Labute approximate surface area is 315 Å². The number of aryl methyl sites for hydroxylation is 4. The summed E-state index contributed by atoms with van der Waals surface area (Å²) in [6.45, 7) is 7.56. The molecule has 0 saturated carbocycles. The molecule has 0 atom stereocenters. The number of aromatic nitrogens is 1.